The molecule has 1 aliphatic rings. The van der Waals surface area contributed by atoms with Crippen LogP contribution in [0.1, 0.15) is 48.5 Å². The Morgan fingerprint density at radius 1 is 1.00 bits per heavy atom. The highest BCUT2D eigenvalue weighted by molar-refractivity contribution is 6.63. The van der Waals surface area contributed by atoms with Gasteiger partial charge in [0.25, 0.3) is 0 Å². The molecule has 0 bridgehead atoms. The van der Waals surface area contributed by atoms with Crippen molar-refractivity contribution in [2.75, 3.05) is 7.11 Å². The molecule has 0 amide bonds. The fourth-order valence-electron chi connectivity index (χ4n) is 2.28. The average molecular weight is 306 g/mol. The number of ether oxygens (including phenoxy) is 2. The molecule has 1 saturated heterocycles. The van der Waals surface area contributed by atoms with Crippen molar-refractivity contribution >= 4 is 12.6 Å². The van der Waals surface area contributed by atoms with Crippen molar-refractivity contribution in [3.8, 4) is 11.5 Å². The lowest BCUT2D eigenvalue weighted by molar-refractivity contribution is 0.00578. The molecule has 0 aromatic heterocycles. The highest BCUT2D eigenvalue weighted by atomic mass is 16.7. The second-order valence-corrected chi connectivity index (χ2v) is 7.71. The summed E-state index contributed by atoms with van der Waals surface area (Å²) in [7, 11) is 1.18. The highest BCUT2D eigenvalue weighted by Gasteiger charge is 2.52. The van der Waals surface area contributed by atoms with Crippen molar-refractivity contribution in [1.29, 1.82) is 0 Å². The Morgan fingerprint density at radius 2 is 1.55 bits per heavy atom. The first kappa shape index (κ1) is 17.2. The monoisotopic (exact) mass is 306 g/mol. The van der Waals surface area contributed by atoms with Crippen LogP contribution in [-0.2, 0) is 9.31 Å². The SMILES string of the molecule is COc1ccc(OC(C)(C)C)cc1B1OC(C)(C)C(C)(C)O1. The normalized spacial score (nSPS) is 20.1. The van der Waals surface area contributed by atoms with E-state index in [0.29, 0.717) is 0 Å². The Balaban J connectivity index is 2.36. The van der Waals surface area contributed by atoms with Crippen LogP contribution in [0.3, 0.4) is 0 Å². The predicted octanol–water partition coefficient (Wildman–Crippen LogP) is 3.17. The second-order valence-electron chi connectivity index (χ2n) is 7.71. The molecule has 0 radical (unpaired) electrons. The van der Waals surface area contributed by atoms with E-state index in [-0.39, 0.29) is 16.8 Å². The zero-order valence-electron chi connectivity index (χ0n) is 14.9. The van der Waals surface area contributed by atoms with Crippen molar-refractivity contribution in [3.05, 3.63) is 18.2 Å². The molecule has 2 rings (SSSR count). The smallest absolute Gasteiger partial charge is 0.497 e. The van der Waals surface area contributed by atoms with E-state index in [1.807, 2.05) is 66.7 Å². The van der Waals surface area contributed by atoms with E-state index in [4.69, 9.17) is 18.8 Å². The summed E-state index contributed by atoms with van der Waals surface area (Å²) in [5, 5.41) is 0. The first-order valence-corrected chi connectivity index (χ1v) is 7.68. The van der Waals surface area contributed by atoms with Crippen molar-refractivity contribution in [2.45, 2.75) is 65.3 Å². The molecule has 1 aliphatic heterocycles. The summed E-state index contributed by atoms with van der Waals surface area (Å²) in [6, 6.07) is 5.73. The lowest BCUT2D eigenvalue weighted by atomic mass is 9.78. The van der Waals surface area contributed by atoms with E-state index in [1.165, 1.54) is 0 Å². The third kappa shape index (κ3) is 3.41. The third-order valence-corrected chi connectivity index (χ3v) is 4.13. The van der Waals surface area contributed by atoms with Crippen LogP contribution in [0.15, 0.2) is 18.2 Å². The van der Waals surface area contributed by atoms with Crippen LogP contribution < -0.4 is 14.9 Å². The molecule has 1 heterocycles. The molecule has 122 valence electrons. The fourth-order valence-corrected chi connectivity index (χ4v) is 2.28. The van der Waals surface area contributed by atoms with E-state index in [2.05, 4.69) is 0 Å². The first-order chi connectivity index (χ1) is 9.95. The minimum atomic E-state index is -0.469. The van der Waals surface area contributed by atoms with Crippen LogP contribution in [0.2, 0.25) is 0 Å². The Morgan fingerprint density at radius 3 is 2.00 bits per heavy atom. The molecular weight excluding hydrogens is 279 g/mol. The van der Waals surface area contributed by atoms with Gasteiger partial charge in [0.15, 0.2) is 0 Å². The van der Waals surface area contributed by atoms with Crippen LogP contribution >= 0.6 is 0 Å². The van der Waals surface area contributed by atoms with E-state index in [0.717, 1.165) is 17.0 Å². The molecule has 1 aromatic carbocycles. The standard InChI is InChI=1S/C17H27BO4/c1-15(2,3)20-12-9-10-14(19-8)13(11-12)18-21-16(4,5)17(6,7)22-18/h9-11H,1-8H3. The summed E-state index contributed by atoms with van der Waals surface area (Å²) in [4.78, 5) is 0. The number of hydrogen-bond donors (Lipinski definition) is 0. The van der Waals surface area contributed by atoms with E-state index in [9.17, 15) is 0 Å². The van der Waals surface area contributed by atoms with Gasteiger partial charge in [-0.3, -0.25) is 0 Å². The van der Waals surface area contributed by atoms with Crippen LogP contribution in [0, 0.1) is 0 Å². The van der Waals surface area contributed by atoms with Gasteiger partial charge in [0, 0.05) is 5.46 Å². The van der Waals surface area contributed by atoms with Gasteiger partial charge in [-0.05, 0) is 66.7 Å². The van der Waals surface area contributed by atoms with E-state index < -0.39 is 7.12 Å². The Hall–Kier alpha value is -1.20. The largest absolute Gasteiger partial charge is 0.498 e. The Labute approximate surface area is 134 Å². The molecule has 0 atom stereocenters. The van der Waals surface area contributed by atoms with Gasteiger partial charge in [0.05, 0.1) is 18.3 Å². The molecule has 0 aliphatic carbocycles. The van der Waals surface area contributed by atoms with Crippen LogP contribution in [0.25, 0.3) is 0 Å². The maximum atomic E-state index is 6.12. The van der Waals surface area contributed by atoms with Crippen molar-refractivity contribution in [1.82, 2.24) is 0 Å². The lowest BCUT2D eigenvalue weighted by Gasteiger charge is -2.32. The minimum absolute atomic E-state index is 0.262. The molecule has 4 nitrogen and oxygen atoms in total. The first-order valence-electron chi connectivity index (χ1n) is 7.68. The van der Waals surface area contributed by atoms with Gasteiger partial charge >= 0.3 is 7.12 Å². The summed E-state index contributed by atoms with van der Waals surface area (Å²) in [5.74, 6) is 1.51. The van der Waals surface area contributed by atoms with Crippen molar-refractivity contribution in [2.24, 2.45) is 0 Å². The number of rotatable bonds is 3. The van der Waals surface area contributed by atoms with Crippen LogP contribution in [0.4, 0.5) is 0 Å². The number of hydrogen-bond acceptors (Lipinski definition) is 4. The lowest BCUT2D eigenvalue weighted by Crippen LogP contribution is -2.41. The zero-order chi connectivity index (χ0) is 16.8. The number of benzene rings is 1. The fraction of sp³-hybridized carbons (Fsp3) is 0.647. The van der Waals surface area contributed by atoms with E-state index >= 15 is 0 Å². The number of methoxy groups -OCH3 is 1. The minimum Gasteiger partial charge on any atom is -0.497 e. The predicted molar refractivity (Wildman–Crippen MR) is 89.1 cm³/mol. The van der Waals surface area contributed by atoms with Crippen LogP contribution in [-0.4, -0.2) is 31.0 Å². The topological polar surface area (TPSA) is 36.9 Å². The van der Waals surface area contributed by atoms with Gasteiger partial charge < -0.3 is 18.8 Å². The highest BCUT2D eigenvalue weighted by Crippen LogP contribution is 2.37. The maximum Gasteiger partial charge on any atom is 0.498 e. The summed E-state index contributed by atoms with van der Waals surface area (Å²) in [5.41, 5.74) is -0.183. The Bertz CT molecular complexity index is 530. The van der Waals surface area contributed by atoms with Gasteiger partial charge in [-0.2, -0.15) is 0 Å². The Kier molecular flexibility index (Phi) is 4.26. The molecular formula is C17H27BO4. The molecule has 1 fully saturated rings. The van der Waals surface area contributed by atoms with Gasteiger partial charge in [-0.25, -0.2) is 0 Å². The zero-order valence-corrected chi connectivity index (χ0v) is 14.9. The van der Waals surface area contributed by atoms with Gasteiger partial charge in [-0.15, -0.1) is 0 Å². The summed E-state index contributed by atoms with van der Waals surface area (Å²) < 4.78 is 23.6. The quantitative estimate of drug-likeness (QED) is 0.804. The maximum absolute atomic E-state index is 6.12. The summed E-state index contributed by atoms with van der Waals surface area (Å²) in [6.45, 7) is 14.2. The molecule has 5 heteroatoms. The molecule has 0 saturated carbocycles. The average Bonchev–Trinajstić information content (AvgIpc) is 2.56. The molecule has 0 unspecified atom stereocenters. The van der Waals surface area contributed by atoms with Crippen LogP contribution in [0.5, 0.6) is 11.5 Å². The van der Waals surface area contributed by atoms with Crippen molar-refractivity contribution < 1.29 is 18.8 Å². The third-order valence-electron chi connectivity index (χ3n) is 4.13. The van der Waals surface area contributed by atoms with Crippen molar-refractivity contribution in [3.63, 3.8) is 0 Å². The van der Waals surface area contributed by atoms with Gasteiger partial charge in [0.1, 0.15) is 17.1 Å². The molecule has 0 spiro atoms. The van der Waals surface area contributed by atoms with Gasteiger partial charge in [0.2, 0.25) is 0 Å². The summed E-state index contributed by atoms with van der Waals surface area (Å²) >= 11 is 0. The van der Waals surface area contributed by atoms with E-state index in [1.54, 1.807) is 7.11 Å². The second kappa shape index (κ2) is 5.46. The summed E-state index contributed by atoms with van der Waals surface area (Å²) in [6.07, 6.45) is 0. The molecule has 0 N–H and O–H groups in total. The molecule has 22 heavy (non-hydrogen) atoms. The molecule has 1 aromatic rings. The van der Waals surface area contributed by atoms with Gasteiger partial charge in [-0.1, -0.05) is 0 Å².